The van der Waals surface area contributed by atoms with Crippen LogP contribution in [0.2, 0.25) is 0 Å². The maximum atomic E-state index is 11.5. The molecule has 0 saturated heterocycles. The normalized spacial score (nSPS) is 34.9. The summed E-state index contributed by atoms with van der Waals surface area (Å²) in [5.41, 5.74) is -0.317. The zero-order valence-electron chi connectivity index (χ0n) is 10.4. The van der Waals surface area contributed by atoms with Gasteiger partial charge in [0.15, 0.2) is 0 Å². The Kier molecular flexibility index (Phi) is 3.56. The molecule has 0 amide bonds. The summed E-state index contributed by atoms with van der Waals surface area (Å²) in [4.78, 5) is 11.5. The number of unbranched alkanes of at least 4 members (excludes halogenated alkanes) is 1. The molecule has 2 saturated carbocycles. The van der Waals surface area contributed by atoms with Crippen molar-refractivity contribution in [2.24, 2.45) is 17.3 Å². The number of carbonyl (C=O) groups is 1. The first kappa shape index (κ1) is 11.9. The topological polar surface area (TPSA) is 37.3 Å². The average Bonchev–Trinajstić information content (AvgIpc) is 3.11. The van der Waals surface area contributed by atoms with Crippen LogP contribution in [0.3, 0.4) is 0 Å². The average molecular weight is 224 g/mol. The molecular weight excluding hydrogens is 200 g/mol. The van der Waals surface area contributed by atoms with E-state index < -0.39 is 5.97 Å². The van der Waals surface area contributed by atoms with Gasteiger partial charge in [0.25, 0.3) is 0 Å². The van der Waals surface area contributed by atoms with Crippen LogP contribution in [0.25, 0.3) is 0 Å². The van der Waals surface area contributed by atoms with Gasteiger partial charge in [-0.15, -0.1) is 0 Å². The van der Waals surface area contributed by atoms with E-state index in [2.05, 4.69) is 6.92 Å². The third-order valence-electron chi connectivity index (χ3n) is 4.75. The predicted octanol–water partition coefficient (Wildman–Crippen LogP) is 3.85. The monoisotopic (exact) mass is 224 g/mol. The van der Waals surface area contributed by atoms with E-state index in [1.807, 2.05) is 0 Å². The van der Waals surface area contributed by atoms with E-state index in [0.29, 0.717) is 5.92 Å². The highest BCUT2D eigenvalue weighted by Gasteiger charge is 2.52. The number of rotatable bonds is 5. The highest BCUT2D eigenvalue weighted by atomic mass is 16.4. The van der Waals surface area contributed by atoms with Crippen molar-refractivity contribution < 1.29 is 9.90 Å². The van der Waals surface area contributed by atoms with Crippen molar-refractivity contribution in [2.75, 3.05) is 0 Å². The number of hydrogen-bond donors (Lipinski definition) is 1. The Morgan fingerprint density at radius 3 is 2.31 bits per heavy atom. The van der Waals surface area contributed by atoms with Crippen LogP contribution in [0, 0.1) is 17.3 Å². The molecule has 0 aliphatic heterocycles. The number of aliphatic carboxylic acids is 1. The van der Waals surface area contributed by atoms with Gasteiger partial charge in [-0.2, -0.15) is 0 Å². The minimum Gasteiger partial charge on any atom is -0.481 e. The fraction of sp³-hybridized carbons (Fsp3) is 0.929. The molecule has 0 aromatic carbocycles. The quantitative estimate of drug-likeness (QED) is 0.770. The van der Waals surface area contributed by atoms with Gasteiger partial charge >= 0.3 is 5.97 Å². The summed E-state index contributed by atoms with van der Waals surface area (Å²) in [5, 5.41) is 9.46. The van der Waals surface area contributed by atoms with Crippen molar-refractivity contribution in [3.63, 3.8) is 0 Å². The molecule has 16 heavy (non-hydrogen) atoms. The smallest absolute Gasteiger partial charge is 0.309 e. The fourth-order valence-corrected chi connectivity index (χ4v) is 3.41. The first-order valence-electron chi connectivity index (χ1n) is 6.92. The van der Waals surface area contributed by atoms with Crippen LogP contribution in [0.15, 0.2) is 0 Å². The van der Waals surface area contributed by atoms with E-state index >= 15 is 0 Å². The second-order valence-corrected chi connectivity index (χ2v) is 5.82. The van der Waals surface area contributed by atoms with Crippen molar-refractivity contribution in [3.05, 3.63) is 0 Å². The lowest BCUT2D eigenvalue weighted by molar-refractivity contribution is -0.153. The molecule has 0 aromatic heterocycles. The molecule has 0 heterocycles. The van der Waals surface area contributed by atoms with Crippen LogP contribution in [0.5, 0.6) is 0 Å². The first-order chi connectivity index (χ1) is 7.69. The van der Waals surface area contributed by atoms with E-state index in [1.165, 1.54) is 19.3 Å². The van der Waals surface area contributed by atoms with Gasteiger partial charge in [0.2, 0.25) is 0 Å². The Bertz CT molecular complexity index is 247. The molecule has 0 aromatic rings. The summed E-state index contributed by atoms with van der Waals surface area (Å²) in [7, 11) is 0. The van der Waals surface area contributed by atoms with E-state index in [1.54, 1.807) is 0 Å². The molecule has 2 aliphatic rings. The van der Waals surface area contributed by atoms with Gasteiger partial charge in [0, 0.05) is 0 Å². The Balaban J connectivity index is 1.88. The van der Waals surface area contributed by atoms with E-state index in [9.17, 15) is 9.90 Å². The Morgan fingerprint density at radius 1 is 1.25 bits per heavy atom. The fourth-order valence-electron chi connectivity index (χ4n) is 3.41. The van der Waals surface area contributed by atoms with Crippen LogP contribution in [0.4, 0.5) is 0 Å². The predicted molar refractivity (Wildman–Crippen MR) is 64.3 cm³/mol. The third kappa shape index (κ3) is 2.26. The molecule has 2 nitrogen and oxygen atoms in total. The molecule has 0 bridgehead atoms. The summed E-state index contributed by atoms with van der Waals surface area (Å²) in [5.74, 6) is 0.812. The van der Waals surface area contributed by atoms with Crippen LogP contribution in [-0.2, 0) is 4.79 Å². The SMILES string of the molecule is CCCCC1CCC(C(=O)O)(C2CC2)CC1. The lowest BCUT2D eigenvalue weighted by Gasteiger charge is -2.37. The standard InChI is InChI=1S/C14H24O2/c1-2-3-4-11-7-9-14(10-8-11,13(15)16)12-5-6-12/h11-12H,2-10H2,1H3,(H,15,16). The van der Waals surface area contributed by atoms with E-state index in [4.69, 9.17) is 0 Å². The molecular formula is C14H24O2. The Hall–Kier alpha value is -0.530. The highest BCUT2D eigenvalue weighted by molar-refractivity contribution is 5.75. The van der Waals surface area contributed by atoms with Gasteiger partial charge in [0.05, 0.1) is 5.41 Å². The first-order valence-corrected chi connectivity index (χ1v) is 6.92. The molecule has 0 spiro atoms. The van der Waals surface area contributed by atoms with Crippen LogP contribution >= 0.6 is 0 Å². The minimum atomic E-state index is -0.510. The van der Waals surface area contributed by atoms with Gasteiger partial charge in [-0.05, 0) is 50.4 Å². The number of hydrogen-bond acceptors (Lipinski definition) is 1. The lowest BCUT2D eigenvalue weighted by Crippen LogP contribution is -2.37. The van der Waals surface area contributed by atoms with E-state index in [-0.39, 0.29) is 5.41 Å². The largest absolute Gasteiger partial charge is 0.481 e. The molecule has 92 valence electrons. The highest BCUT2D eigenvalue weighted by Crippen LogP contribution is 2.55. The van der Waals surface area contributed by atoms with Crippen molar-refractivity contribution in [1.82, 2.24) is 0 Å². The molecule has 2 heteroatoms. The van der Waals surface area contributed by atoms with Crippen molar-refractivity contribution in [1.29, 1.82) is 0 Å². The number of carboxylic acid groups (broad SMARTS) is 1. The van der Waals surface area contributed by atoms with Gasteiger partial charge in [0.1, 0.15) is 0 Å². The Labute approximate surface area is 98.4 Å². The third-order valence-corrected chi connectivity index (χ3v) is 4.75. The van der Waals surface area contributed by atoms with Crippen molar-refractivity contribution >= 4 is 5.97 Å². The van der Waals surface area contributed by atoms with E-state index in [0.717, 1.165) is 44.4 Å². The summed E-state index contributed by atoms with van der Waals surface area (Å²) in [6, 6.07) is 0. The summed E-state index contributed by atoms with van der Waals surface area (Å²) in [6.45, 7) is 2.23. The van der Waals surface area contributed by atoms with Gasteiger partial charge in [-0.3, -0.25) is 4.79 Å². The van der Waals surface area contributed by atoms with Gasteiger partial charge < -0.3 is 5.11 Å². The Morgan fingerprint density at radius 2 is 1.88 bits per heavy atom. The van der Waals surface area contributed by atoms with Crippen LogP contribution in [0.1, 0.15) is 64.7 Å². The van der Waals surface area contributed by atoms with Crippen LogP contribution < -0.4 is 0 Å². The lowest BCUT2D eigenvalue weighted by atomic mass is 9.66. The summed E-state index contributed by atoms with van der Waals surface area (Å²) >= 11 is 0. The molecule has 2 aliphatic carbocycles. The van der Waals surface area contributed by atoms with Crippen LogP contribution in [-0.4, -0.2) is 11.1 Å². The summed E-state index contributed by atoms with van der Waals surface area (Å²) in [6.07, 6.45) is 10.4. The molecule has 0 radical (unpaired) electrons. The number of carboxylic acids is 1. The maximum absolute atomic E-state index is 11.5. The zero-order chi connectivity index (χ0) is 11.6. The van der Waals surface area contributed by atoms with Gasteiger partial charge in [-0.25, -0.2) is 0 Å². The second kappa shape index (κ2) is 4.77. The van der Waals surface area contributed by atoms with Gasteiger partial charge in [-0.1, -0.05) is 26.2 Å². The molecule has 2 rings (SSSR count). The molecule has 0 atom stereocenters. The molecule has 1 N–H and O–H groups in total. The summed E-state index contributed by atoms with van der Waals surface area (Å²) < 4.78 is 0. The maximum Gasteiger partial charge on any atom is 0.309 e. The van der Waals surface area contributed by atoms with Crippen molar-refractivity contribution in [3.8, 4) is 0 Å². The second-order valence-electron chi connectivity index (χ2n) is 5.82. The minimum absolute atomic E-state index is 0.317. The van der Waals surface area contributed by atoms with Crippen molar-refractivity contribution in [2.45, 2.75) is 64.7 Å². The molecule has 2 fully saturated rings. The molecule has 0 unspecified atom stereocenters. The zero-order valence-corrected chi connectivity index (χ0v) is 10.4.